The maximum Gasteiger partial charge on any atom is 0.126 e. The third-order valence-corrected chi connectivity index (χ3v) is 4.82. The molecule has 2 nitrogen and oxygen atoms in total. The van der Waals surface area contributed by atoms with Crippen LogP contribution in [0, 0.1) is 5.82 Å². The lowest BCUT2D eigenvalue weighted by Crippen LogP contribution is -2.47. The zero-order valence-corrected chi connectivity index (χ0v) is 13.2. The number of halogens is 2. The molecule has 4 heteroatoms. The molecular weight excluding hydrogens is 301 g/mol. The molecule has 0 amide bonds. The molecule has 22 heavy (non-hydrogen) atoms. The highest BCUT2D eigenvalue weighted by molar-refractivity contribution is 6.30. The Kier molecular flexibility index (Phi) is 4.22. The first kappa shape index (κ1) is 15.5. The van der Waals surface area contributed by atoms with Gasteiger partial charge in [0.15, 0.2) is 0 Å². The van der Waals surface area contributed by atoms with E-state index in [2.05, 4.69) is 4.90 Å². The average molecular weight is 320 g/mol. The quantitative estimate of drug-likeness (QED) is 0.910. The molecule has 0 aromatic heterocycles. The summed E-state index contributed by atoms with van der Waals surface area (Å²) in [4.78, 5) is 2.13. The van der Waals surface area contributed by atoms with Gasteiger partial charge in [0.05, 0.1) is 5.60 Å². The van der Waals surface area contributed by atoms with Gasteiger partial charge in [-0.2, -0.15) is 0 Å². The van der Waals surface area contributed by atoms with Crippen LogP contribution in [0.1, 0.15) is 23.5 Å². The van der Waals surface area contributed by atoms with Crippen LogP contribution in [0.25, 0.3) is 0 Å². The Balaban J connectivity index is 2.07. The van der Waals surface area contributed by atoms with Crippen molar-refractivity contribution < 1.29 is 9.50 Å². The number of hydrogen-bond donors (Lipinski definition) is 1. The fraction of sp³-hybridized carbons (Fsp3) is 0.333. The van der Waals surface area contributed by atoms with Crippen LogP contribution < -0.4 is 0 Å². The van der Waals surface area contributed by atoms with E-state index < -0.39 is 5.60 Å². The number of rotatable bonds is 2. The number of piperidine rings is 1. The number of likely N-dealkylation sites (tertiary alicyclic amines) is 1. The zero-order valence-electron chi connectivity index (χ0n) is 12.5. The minimum absolute atomic E-state index is 0.268. The lowest BCUT2D eigenvalue weighted by molar-refractivity contribution is -0.0428. The van der Waals surface area contributed by atoms with Crippen LogP contribution in [0.4, 0.5) is 4.39 Å². The number of nitrogens with zero attached hydrogens (tertiary/aromatic N) is 1. The van der Waals surface area contributed by atoms with Crippen molar-refractivity contribution in [3.63, 3.8) is 0 Å². The van der Waals surface area contributed by atoms with Crippen molar-refractivity contribution in [2.75, 3.05) is 20.1 Å². The molecule has 116 valence electrons. The monoisotopic (exact) mass is 319 g/mol. The zero-order chi connectivity index (χ0) is 15.7. The smallest absolute Gasteiger partial charge is 0.126 e. The van der Waals surface area contributed by atoms with Gasteiger partial charge in [-0.25, -0.2) is 4.39 Å². The topological polar surface area (TPSA) is 23.5 Å². The third kappa shape index (κ3) is 2.76. The number of aliphatic hydroxyl groups is 1. The molecule has 1 aliphatic rings. The molecule has 1 fully saturated rings. The molecule has 1 saturated heterocycles. The van der Waals surface area contributed by atoms with E-state index in [9.17, 15) is 9.50 Å². The van der Waals surface area contributed by atoms with Crippen molar-refractivity contribution in [1.82, 2.24) is 4.90 Å². The van der Waals surface area contributed by atoms with E-state index >= 15 is 0 Å². The van der Waals surface area contributed by atoms with Gasteiger partial charge in [0.1, 0.15) is 5.82 Å². The van der Waals surface area contributed by atoms with Gasteiger partial charge in [0, 0.05) is 24.0 Å². The second kappa shape index (κ2) is 5.99. The van der Waals surface area contributed by atoms with Crippen LogP contribution in [-0.4, -0.2) is 30.1 Å². The van der Waals surface area contributed by atoms with Gasteiger partial charge in [-0.3, -0.25) is 0 Å². The molecule has 0 aliphatic carbocycles. The van der Waals surface area contributed by atoms with Crippen LogP contribution in [0.2, 0.25) is 5.02 Å². The molecule has 0 radical (unpaired) electrons. The molecule has 1 heterocycles. The maximum atomic E-state index is 14.3. The van der Waals surface area contributed by atoms with Crippen LogP contribution in [0.3, 0.4) is 0 Å². The molecule has 1 N–H and O–H groups in total. The Morgan fingerprint density at radius 2 is 1.86 bits per heavy atom. The number of hydrogen-bond acceptors (Lipinski definition) is 2. The van der Waals surface area contributed by atoms with E-state index in [1.165, 1.54) is 6.07 Å². The highest BCUT2D eigenvalue weighted by atomic mass is 35.5. The maximum absolute atomic E-state index is 14.3. The van der Waals surface area contributed by atoms with E-state index in [4.69, 9.17) is 11.6 Å². The normalized spacial score (nSPS) is 26.1. The summed E-state index contributed by atoms with van der Waals surface area (Å²) in [7, 11) is 2.00. The predicted octanol–water partition coefficient (Wildman–Crippen LogP) is 3.79. The van der Waals surface area contributed by atoms with Gasteiger partial charge in [0.2, 0.25) is 0 Å². The SMILES string of the molecule is CN1CC[C@@](O)(c2ccc(Cl)cc2)[C@@H](c2ccccc2F)C1. The summed E-state index contributed by atoms with van der Waals surface area (Å²) in [5, 5.41) is 12.0. The Labute approximate surface area is 135 Å². The molecule has 0 saturated carbocycles. The summed E-state index contributed by atoms with van der Waals surface area (Å²) in [6.45, 7) is 1.38. The average Bonchev–Trinajstić information content (AvgIpc) is 2.51. The molecule has 1 aliphatic heterocycles. The summed E-state index contributed by atoms with van der Waals surface area (Å²) < 4.78 is 14.3. The van der Waals surface area contributed by atoms with Crippen molar-refractivity contribution >= 4 is 11.6 Å². The molecule has 0 spiro atoms. The summed E-state index contributed by atoms with van der Waals surface area (Å²) in [6, 6.07) is 13.9. The number of benzene rings is 2. The van der Waals surface area contributed by atoms with E-state index in [1.807, 2.05) is 25.2 Å². The van der Waals surface area contributed by atoms with Gasteiger partial charge in [-0.1, -0.05) is 41.9 Å². The van der Waals surface area contributed by atoms with E-state index in [0.29, 0.717) is 23.6 Å². The lowest BCUT2D eigenvalue weighted by atomic mass is 9.72. The Morgan fingerprint density at radius 1 is 1.18 bits per heavy atom. The minimum atomic E-state index is -1.08. The fourth-order valence-electron chi connectivity index (χ4n) is 3.29. The molecule has 2 atom stereocenters. The predicted molar refractivity (Wildman–Crippen MR) is 86.6 cm³/mol. The fourth-order valence-corrected chi connectivity index (χ4v) is 3.41. The molecule has 0 bridgehead atoms. The highest BCUT2D eigenvalue weighted by Crippen LogP contribution is 2.43. The van der Waals surface area contributed by atoms with Gasteiger partial charge in [-0.05, 0) is 42.8 Å². The number of likely N-dealkylation sites (N-methyl/N-ethyl adjacent to an activating group) is 1. The molecular formula is C18H19ClFNO. The largest absolute Gasteiger partial charge is 0.384 e. The standard InChI is InChI=1S/C18H19ClFNO/c1-21-11-10-18(22,13-6-8-14(19)9-7-13)16(12-21)15-4-2-3-5-17(15)20/h2-9,16,22H,10-12H2,1H3/t16-,18-/m1/s1. The van der Waals surface area contributed by atoms with Crippen molar-refractivity contribution in [3.05, 3.63) is 70.5 Å². The second-order valence-corrected chi connectivity index (χ2v) is 6.45. The second-order valence-electron chi connectivity index (χ2n) is 6.02. The van der Waals surface area contributed by atoms with Gasteiger partial charge in [-0.15, -0.1) is 0 Å². The first-order valence-corrected chi connectivity index (χ1v) is 7.80. The van der Waals surface area contributed by atoms with Crippen molar-refractivity contribution in [2.45, 2.75) is 17.9 Å². The van der Waals surface area contributed by atoms with Crippen molar-refractivity contribution in [1.29, 1.82) is 0 Å². The first-order valence-electron chi connectivity index (χ1n) is 7.42. The summed E-state index contributed by atoms with van der Waals surface area (Å²) in [6.07, 6.45) is 0.560. The highest BCUT2D eigenvalue weighted by Gasteiger charge is 2.43. The van der Waals surface area contributed by atoms with E-state index in [1.54, 1.807) is 24.3 Å². The summed E-state index contributed by atoms with van der Waals surface area (Å²) in [5.74, 6) is -0.580. The minimum Gasteiger partial charge on any atom is -0.384 e. The van der Waals surface area contributed by atoms with Gasteiger partial charge in [0.25, 0.3) is 0 Å². The molecule has 0 unspecified atom stereocenters. The Morgan fingerprint density at radius 3 is 2.55 bits per heavy atom. The van der Waals surface area contributed by atoms with Crippen molar-refractivity contribution in [3.8, 4) is 0 Å². The van der Waals surface area contributed by atoms with Crippen LogP contribution in [0.5, 0.6) is 0 Å². The van der Waals surface area contributed by atoms with Crippen LogP contribution in [0.15, 0.2) is 48.5 Å². The van der Waals surface area contributed by atoms with E-state index in [-0.39, 0.29) is 11.7 Å². The van der Waals surface area contributed by atoms with Crippen LogP contribution in [-0.2, 0) is 5.60 Å². The summed E-state index contributed by atoms with van der Waals surface area (Å²) >= 11 is 5.95. The Bertz CT molecular complexity index is 660. The lowest BCUT2D eigenvalue weighted by Gasteiger charge is -2.44. The van der Waals surface area contributed by atoms with Gasteiger partial charge < -0.3 is 10.0 Å². The van der Waals surface area contributed by atoms with Crippen LogP contribution >= 0.6 is 11.6 Å². The summed E-state index contributed by atoms with van der Waals surface area (Å²) in [5.41, 5.74) is 0.268. The molecule has 2 aromatic carbocycles. The van der Waals surface area contributed by atoms with E-state index in [0.717, 1.165) is 12.1 Å². The first-order chi connectivity index (χ1) is 10.5. The van der Waals surface area contributed by atoms with Gasteiger partial charge >= 0.3 is 0 Å². The van der Waals surface area contributed by atoms with Crippen molar-refractivity contribution in [2.24, 2.45) is 0 Å². The Hall–Kier alpha value is -1.42. The molecule has 3 rings (SSSR count). The molecule has 2 aromatic rings. The third-order valence-electron chi connectivity index (χ3n) is 4.57.